The second-order valence-corrected chi connectivity index (χ2v) is 4.02. The molecule has 4 N–H and O–H groups in total. The second kappa shape index (κ2) is 5.14. The predicted octanol–water partition coefficient (Wildman–Crippen LogP) is 0.813. The minimum atomic E-state index is -0.673. The molecule has 1 aromatic carbocycles. The van der Waals surface area contributed by atoms with Gasteiger partial charge in [-0.15, -0.1) is 0 Å². The Hall–Kier alpha value is -1.07. The van der Waals surface area contributed by atoms with E-state index in [9.17, 15) is 4.79 Å². The molecule has 0 aliphatic heterocycles. The number of ether oxygens (including phenoxy) is 1. The van der Waals surface area contributed by atoms with E-state index in [1.807, 2.05) is 18.2 Å². The molecule has 1 aromatic rings. The molecule has 0 bridgehead atoms. The number of halogens is 1. The molecule has 0 aliphatic rings. The maximum absolute atomic E-state index is 10.8. The van der Waals surface area contributed by atoms with Crippen LogP contribution in [0.4, 0.5) is 0 Å². The number of nitrogens with two attached hydrogens (primary N) is 2. The quantitative estimate of drug-likeness (QED) is 0.852. The van der Waals surface area contributed by atoms with Gasteiger partial charge in [0.15, 0.2) is 0 Å². The zero-order valence-corrected chi connectivity index (χ0v) is 9.95. The lowest BCUT2D eigenvalue weighted by Crippen LogP contribution is -2.38. The minimum absolute atomic E-state index is 0.396. The van der Waals surface area contributed by atoms with Crippen molar-refractivity contribution < 1.29 is 9.53 Å². The monoisotopic (exact) mass is 272 g/mol. The van der Waals surface area contributed by atoms with Crippen molar-refractivity contribution in [2.45, 2.75) is 12.5 Å². The minimum Gasteiger partial charge on any atom is -0.497 e. The molecule has 1 rings (SSSR count). The summed E-state index contributed by atoms with van der Waals surface area (Å²) in [4.78, 5) is 10.8. The number of hydrogen-bond acceptors (Lipinski definition) is 3. The molecule has 1 amide bonds. The van der Waals surface area contributed by atoms with Crippen LogP contribution in [0, 0.1) is 0 Å². The number of carbonyl (C=O) groups excluding carboxylic acids is 1. The highest BCUT2D eigenvalue weighted by Gasteiger charge is 2.12. The van der Waals surface area contributed by atoms with E-state index < -0.39 is 11.9 Å². The maximum atomic E-state index is 10.8. The first-order valence-corrected chi connectivity index (χ1v) is 5.21. The van der Waals surface area contributed by atoms with Crippen molar-refractivity contribution in [3.05, 3.63) is 28.2 Å². The highest BCUT2D eigenvalue weighted by atomic mass is 79.9. The molecule has 15 heavy (non-hydrogen) atoms. The number of primary amides is 1. The summed E-state index contributed by atoms with van der Waals surface area (Å²) in [5, 5.41) is 0. The van der Waals surface area contributed by atoms with Gasteiger partial charge in [0, 0.05) is 4.47 Å². The summed E-state index contributed by atoms with van der Waals surface area (Å²) in [7, 11) is 1.58. The van der Waals surface area contributed by atoms with Crippen LogP contribution in [0.25, 0.3) is 0 Å². The Morgan fingerprint density at radius 3 is 2.80 bits per heavy atom. The zero-order chi connectivity index (χ0) is 11.4. The van der Waals surface area contributed by atoms with Crippen molar-refractivity contribution in [3.63, 3.8) is 0 Å². The van der Waals surface area contributed by atoms with Crippen LogP contribution in [-0.2, 0) is 11.2 Å². The fourth-order valence-electron chi connectivity index (χ4n) is 1.17. The summed E-state index contributed by atoms with van der Waals surface area (Å²) in [6.07, 6.45) is 0.396. The van der Waals surface area contributed by atoms with Gasteiger partial charge < -0.3 is 16.2 Å². The maximum Gasteiger partial charge on any atom is 0.234 e. The Balaban J connectivity index is 2.88. The number of amides is 1. The number of rotatable bonds is 4. The highest BCUT2D eigenvalue weighted by molar-refractivity contribution is 9.10. The van der Waals surface area contributed by atoms with Crippen LogP contribution < -0.4 is 16.2 Å². The van der Waals surface area contributed by atoms with Crippen LogP contribution >= 0.6 is 15.9 Å². The van der Waals surface area contributed by atoms with Gasteiger partial charge in [0.25, 0.3) is 0 Å². The normalized spacial score (nSPS) is 12.2. The average Bonchev–Trinajstić information content (AvgIpc) is 2.21. The van der Waals surface area contributed by atoms with Crippen LogP contribution in [0.5, 0.6) is 5.75 Å². The molecular weight excluding hydrogens is 260 g/mol. The number of methoxy groups -OCH3 is 1. The van der Waals surface area contributed by atoms with E-state index in [2.05, 4.69) is 15.9 Å². The van der Waals surface area contributed by atoms with Crippen molar-refractivity contribution in [1.29, 1.82) is 0 Å². The van der Waals surface area contributed by atoms with E-state index in [4.69, 9.17) is 16.2 Å². The van der Waals surface area contributed by atoms with Crippen LogP contribution in [0.2, 0.25) is 0 Å². The molecule has 0 saturated carbocycles. The molecule has 0 aliphatic carbocycles. The number of hydrogen-bond donors (Lipinski definition) is 2. The third kappa shape index (κ3) is 3.21. The van der Waals surface area contributed by atoms with Crippen LogP contribution in [0.1, 0.15) is 5.56 Å². The van der Waals surface area contributed by atoms with Crippen molar-refractivity contribution in [3.8, 4) is 5.75 Å². The summed E-state index contributed by atoms with van der Waals surface area (Å²) in [5.74, 6) is 0.217. The Morgan fingerprint density at radius 2 is 2.27 bits per heavy atom. The molecule has 0 fully saturated rings. The molecule has 1 unspecified atom stereocenters. The Bertz CT molecular complexity index is 368. The number of carbonyl (C=O) groups is 1. The second-order valence-electron chi connectivity index (χ2n) is 3.17. The van der Waals surface area contributed by atoms with E-state index >= 15 is 0 Å². The Labute approximate surface area is 96.7 Å². The van der Waals surface area contributed by atoms with Crippen molar-refractivity contribution in [2.24, 2.45) is 11.5 Å². The van der Waals surface area contributed by atoms with Crippen LogP contribution in [-0.4, -0.2) is 19.1 Å². The fourth-order valence-corrected chi connectivity index (χ4v) is 1.58. The first-order valence-electron chi connectivity index (χ1n) is 4.42. The lowest BCUT2D eigenvalue weighted by Gasteiger charge is -2.10. The van der Waals surface area contributed by atoms with E-state index in [0.717, 1.165) is 15.8 Å². The van der Waals surface area contributed by atoms with Crippen molar-refractivity contribution in [2.75, 3.05) is 7.11 Å². The zero-order valence-electron chi connectivity index (χ0n) is 8.37. The van der Waals surface area contributed by atoms with Gasteiger partial charge in [-0.2, -0.15) is 0 Å². The first-order chi connectivity index (χ1) is 7.04. The molecule has 0 saturated heterocycles. The van der Waals surface area contributed by atoms with Gasteiger partial charge in [-0.05, 0) is 30.2 Å². The van der Waals surface area contributed by atoms with E-state index in [0.29, 0.717) is 6.42 Å². The summed E-state index contributed by atoms with van der Waals surface area (Å²) >= 11 is 3.37. The molecule has 1 atom stereocenters. The molecule has 0 radical (unpaired) electrons. The number of benzene rings is 1. The average molecular weight is 273 g/mol. The van der Waals surface area contributed by atoms with Gasteiger partial charge in [0.1, 0.15) is 5.75 Å². The predicted molar refractivity (Wildman–Crippen MR) is 61.6 cm³/mol. The summed E-state index contributed by atoms with van der Waals surface area (Å²) in [5.41, 5.74) is 11.6. The summed E-state index contributed by atoms with van der Waals surface area (Å²) < 4.78 is 5.96. The molecule has 0 aromatic heterocycles. The molecule has 82 valence electrons. The Morgan fingerprint density at radius 1 is 1.60 bits per heavy atom. The summed E-state index contributed by atoms with van der Waals surface area (Å²) in [6.45, 7) is 0. The summed E-state index contributed by atoms with van der Waals surface area (Å²) in [6, 6.07) is 4.83. The molecular formula is C10H13BrN2O2. The molecule has 4 nitrogen and oxygen atoms in total. The van der Waals surface area contributed by atoms with Crippen LogP contribution in [0.15, 0.2) is 22.7 Å². The van der Waals surface area contributed by atoms with Gasteiger partial charge in [0.2, 0.25) is 5.91 Å². The van der Waals surface area contributed by atoms with Gasteiger partial charge in [-0.1, -0.05) is 15.9 Å². The van der Waals surface area contributed by atoms with Gasteiger partial charge in [-0.3, -0.25) is 4.79 Å². The fraction of sp³-hybridized carbons (Fsp3) is 0.300. The van der Waals surface area contributed by atoms with Gasteiger partial charge in [-0.25, -0.2) is 0 Å². The van der Waals surface area contributed by atoms with E-state index in [1.54, 1.807) is 7.11 Å². The van der Waals surface area contributed by atoms with Crippen molar-refractivity contribution in [1.82, 2.24) is 0 Å². The highest BCUT2D eigenvalue weighted by Crippen LogP contribution is 2.23. The van der Waals surface area contributed by atoms with Gasteiger partial charge >= 0.3 is 0 Å². The third-order valence-electron chi connectivity index (χ3n) is 2.06. The van der Waals surface area contributed by atoms with E-state index in [1.165, 1.54) is 0 Å². The topological polar surface area (TPSA) is 78.3 Å². The molecule has 5 heteroatoms. The standard InChI is InChI=1S/C10H13BrN2O2/c1-15-7-2-3-8(11)6(4-7)5-9(12)10(13)14/h2-4,9H,5,12H2,1H3,(H2,13,14). The molecule has 0 spiro atoms. The first kappa shape index (κ1) is 12.0. The van der Waals surface area contributed by atoms with Crippen molar-refractivity contribution >= 4 is 21.8 Å². The SMILES string of the molecule is COc1ccc(Br)c(CC(N)C(N)=O)c1. The van der Waals surface area contributed by atoms with Crippen LogP contribution in [0.3, 0.4) is 0 Å². The Kier molecular flexibility index (Phi) is 4.11. The largest absolute Gasteiger partial charge is 0.497 e. The van der Waals surface area contributed by atoms with E-state index in [-0.39, 0.29) is 0 Å². The smallest absolute Gasteiger partial charge is 0.234 e. The van der Waals surface area contributed by atoms with Gasteiger partial charge in [0.05, 0.1) is 13.2 Å². The molecule has 0 heterocycles. The third-order valence-corrected chi connectivity index (χ3v) is 2.83. The lowest BCUT2D eigenvalue weighted by atomic mass is 10.1. The lowest BCUT2D eigenvalue weighted by molar-refractivity contribution is -0.119.